The van der Waals surface area contributed by atoms with Crippen molar-refractivity contribution in [3.63, 3.8) is 0 Å². The summed E-state index contributed by atoms with van der Waals surface area (Å²) in [6, 6.07) is 23.3. The molecule has 0 aliphatic rings. The van der Waals surface area contributed by atoms with Crippen molar-refractivity contribution < 1.29 is 14.3 Å². The van der Waals surface area contributed by atoms with Crippen LogP contribution in [0.4, 0.5) is 0 Å². The number of nitrogens with one attached hydrogen (secondary N) is 1. The van der Waals surface area contributed by atoms with Gasteiger partial charge in [-0.1, -0.05) is 59.8 Å². The minimum absolute atomic E-state index is 0.0615. The van der Waals surface area contributed by atoms with E-state index in [1.54, 1.807) is 9.58 Å². The second-order valence-electron chi connectivity index (χ2n) is 10.3. The van der Waals surface area contributed by atoms with Gasteiger partial charge in [0.25, 0.3) is 0 Å². The normalized spacial score (nSPS) is 13.1. The lowest BCUT2D eigenvalue weighted by Crippen LogP contribution is -2.50. The highest BCUT2D eigenvalue weighted by atomic mass is 16.5. The van der Waals surface area contributed by atoms with Crippen molar-refractivity contribution in [3.8, 4) is 5.75 Å². The van der Waals surface area contributed by atoms with Crippen molar-refractivity contribution in [3.05, 3.63) is 90.0 Å². The van der Waals surface area contributed by atoms with E-state index < -0.39 is 17.6 Å². The third-order valence-corrected chi connectivity index (χ3v) is 6.22. The Balaban J connectivity index is 1.80. The Morgan fingerprint density at radius 3 is 2.26 bits per heavy atom. The molecule has 2 atom stereocenters. The SMILES string of the molecule is CCOc1ccc([C@H](C(=O)NC(C)(C)C)N(C(=O)Cn2nnc3ccccc32)[C@H](C)c2ccccc2)cc1. The van der Waals surface area contributed by atoms with E-state index in [1.165, 1.54) is 0 Å². The van der Waals surface area contributed by atoms with Gasteiger partial charge in [0.05, 0.1) is 18.2 Å². The quantitative estimate of drug-likeness (QED) is 0.337. The molecule has 1 heterocycles. The fourth-order valence-corrected chi connectivity index (χ4v) is 4.51. The standard InChI is InChI=1S/C30H35N5O3/c1-6-38-24-18-16-23(17-19-24)28(29(37)31-30(3,4)5)35(21(2)22-12-8-7-9-13-22)27(36)20-34-26-15-11-10-14-25(26)32-33-34/h7-19,21,28H,6,20H2,1-5H3,(H,31,37)/t21-,28-/m1/s1. The largest absolute Gasteiger partial charge is 0.494 e. The molecule has 198 valence electrons. The summed E-state index contributed by atoms with van der Waals surface area (Å²) in [6.45, 7) is 10.1. The van der Waals surface area contributed by atoms with Crippen molar-refractivity contribution >= 4 is 22.8 Å². The highest BCUT2D eigenvalue weighted by Gasteiger charge is 2.37. The summed E-state index contributed by atoms with van der Waals surface area (Å²) >= 11 is 0. The van der Waals surface area contributed by atoms with Crippen LogP contribution in [0, 0.1) is 0 Å². The van der Waals surface area contributed by atoms with E-state index in [0.29, 0.717) is 23.4 Å². The van der Waals surface area contributed by atoms with Gasteiger partial charge in [-0.2, -0.15) is 0 Å². The fourth-order valence-electron chi connectivity index (χ4n) is 4.51. The number of nitrogens with zero attached hydrogens (tertiary/aromatic N) is 4. The Labute approximate surface area is 223 Å². The number of fused-ring (bicyclic) bond motifs is 1. The van der Waals surface area contributed by atoms with Crippen LogP contribution in [-0.4, -0.2) is 43.9 Å². The topological polar surface area (TPSA) is 89.4 Å². The first kappa shape index (κ1) is 26.9. The molecule has 0 aliphatic heterocycles. The van der Waals surface area contributed by atoms with Gasteiger partial charge < -0.3 is 15.0 Å². The summed E-state index contributed by atoms with van der Waals surface area (Å²) in [4.78, 5) is 29.7. The van der Waals surface area contributed by atoms with Crippen LogP contribution in [-0.2, 0) is 16.1 Å². The Morgan fingerprint density at radius 1 is 0.947 bits per heavy atom. The molecule has 0 bridgehead atoms. The van der Waals surface area contributed by atoms with Crippen LogP contribution in [0.5, 0.6) is 5.75 Å². The molecule has 2 amide bonds. The van der Waals surface area contributed by atoms with E-state index in [2.05, 4.69) is 15.6 Å². The molecule has 0 saturated carbocycles. The molecule has 4 aromatic rings. The molecule has 0 fully saturated rings. The number of hydrogen-bond donors (Lipinski definition) is 1. The Hall–Kier alpha value is -4.20. The summed E-state index contributed by atoms with van der Waals surface area (Å²) in [5.41, 5.74) is 2.58. The lowest BCUT2D eigenvalue weighted by Gasteiger charge is -2.38. The third kappa shape index (κ3) is 6.19. The average Bonchev–Trinajstić information content (AvgIpc) is 3.29. The Kier molecular flexibility index (Phi) is 8.10. The van der Waals surface area contributed by atoms with Crippen LogP contribution in [0.2, 0.25) is 0 Å². The van der Waals surface area contributed by atoms with Crippen LogP contribution >= 0.6 is 0 Å². The first-order valence-electron chi connectivity index (χ1n) is 12.9. The maximum atomic E-state index is 14.2. The van der Waals surface area contributed by atoms with Gasteiger partial charge in [0.15, 0.2) is 0 Å². The predicted octanol–water partition coefficient (Wildman–Crippen LogP) is 5.08. The van der Waals surface area contributed by atoms with E-state index in [-0.39, 0.29) is 18.4 Å². The molecule has 3 aromatic carbocycles. The van der Waals surface area contributed by atoms with Gasteiger partial charge in [0, 0.05) is 5.54 Å². The lowest BCUT2D eigenvalue weighted by atomic mass is 9.97. The molecule has 4 rings (SSSR count). The van der Waals surface area contributed by atoms with E-state index in [1.807, 2.05) is 113 Å². The van der Waals surface area contributed by atoms with E-state index >= 15 is 0 Å². The van der Waals surface area contributed by atoms with Crippen molar-refractivity contribution in [2.45, 2.75) is 58.8 Å². The molecule has 38 heavy (non-hydrogen) atoms. The minimum atomic E-state index is -0.887. The number of rotatable bonds is 9. The van der Waals surface area contributed by atoms with Crippen molar-refractivity contribution in [1.29, 1.82) is 0 Å². The molecule has 8 heteroatoms. The highest BCUT2D eigenvalue weighted by molar-refractivity contribution is 5.90. The molecular weight excluding hydrogens is 478 g/mol. The van der Waals surface area contributed by atoms with Crippen molar-refractivity contribution in [2.75, 3.05) is 6.61 Å². The van der Waals surface area contributed by atoms with Crippen LogP contribution in [0.1, 0.15) is 57.8 Å². The molecule has 0 spiro atoms. The maximum Gasteiger partial charge on any atom is 0.247 e. The monoisotopic (exact) mass is 513 g/mol. The molecule has 0 aliphatic carbocycles. The van der Waals surface area contributed by atoms with Gasteiger partial charge in [-0.3, -0.25) is 9.59 Å². The van der Waals surface area contributed by atoms with Crippen LogP contribution in [0.25, 0.3) is 11.0 Å². The van der Waals surface area contributed by atoms with Crippen LogP contribution in [0.15, 0.2) is 78.9 Å². The summed E-state index contributed by atoms with van der Waals surface area (Å²) in [5, 5.41) is 11.5. The van der Waals surface area contributed by atoms with Crippen LogP contribution < -0.4 is 10.1 Å². The Bertz CT molecular complexity index is 1380. The van der Waals surface area contributed by atoms with E-state index in [4.69, 9.17) is 4.74 Å². The molecule has 1 N–H and O–H groups in total. The minimum Gasteiger partial charge on any atom is -0.494 e. The number of para-hydroxylation sites is 1. The van der Waals surface area contributed by atoms with Crippen molar-refractivity contribution in [2.24, 2.45) is 0 Å². The van der Waals surface area contributed by atoms with Gasteiger partial charge in [0.2, 0.25) is 11.8 Å². The van der Waals surface area contributed by atoms with Gasteiger partial charge in [-0.25, -0.2) is 4.68 Å². The number of ether oxygens (including phenoxy) is 1. The first-order valence-corrected chi connectivity index (χ1v) is 12.9. The summed E-state index contributed by atoms with van der Waals surface area (Å²) in [6.07, 6.45) is 0. The van der Waals surface area contributed by atoms with Crippen LogP contribution in [0.3, 0.4) is 0 Å². The van der Waals surface area contributed by atoms with E-state index in [0.717, 1.165) is 11.1 Å². The molecule has 1 aromatic heterocycles. The number of carbonyl (C=O) groups is 2. The number of aromatic nitrogens is 3. The molecule has 0 saturated heterocycles. The highest BCUT2D eigenvalue weighted by Crippen LogP contribution is 2.33. The molecule has 0 unspecified atom stereocenters. The fraction of sp³-hybridized carbons (Fsp3) is 0.333. The second-order valence-corrected chi connectivity index (χ2v) is 10.3. The number of hydrogen-bond acceptors (Lipinski definition) is 5. The third-order valence-electron chi connectivity index (χ3n) is 6.22. The summed E-state index contributed by atoms with van der Waals surface area (Å²) < 4.78 is 7.20. The molecule has 0 radical (unpaired) electrons. The maximum absolute atomic E-state index is 14.2. The van der Waals surface area contributed by atoms with Gasteiger partial charge in [-0.05, 0) is 70.0 Å². The predicted molar refractivity (Wildman–Crippen MR) is 147 cm³/mol. The average molecular weight is 514 g/mol. The molecule has 8 nitrogen and oxygen atoms in total. The smallest absolute Gasteiger partial charge is 0.247 e. The molecular formula is C30H35N5O3. The number of carbonyl (C=O) groups excluding carboxylic acids is 2. The second kappa shape index (κ2) is 11.5. The number of benzene rings is 3. The van der Waals surface area contributed by atoms with Gasteiger partial charge in [0.1, 0.15) is 23.9 Å². The summed E-state index contributed by atoms with van der Waals surface area (Å²) in [5.74, 6) is 0.190. The first-order chi connectivity index (χ1) is 18.2. The lowest BCUT2D eigenvalue weighted by molar-refractivity contribution is -0.144. The van der Waals surface area contributed by atoms with Gasteiger partial charge in [-0.15, -0.1) is 5.10 Å². The summed E-state index contributed by atoms with van der Waals surface area (Å²) in [7, 11) is 0. The zero-order valence-corrected chi connectivity index (χ0v) is 22.6. The zero-order valence-electron chi connectivity index (χ0n) is 22.6. The van der Waals surface area contributed by atoms with E-state index in [9.17, 15) is 9.59 Å². The van der Waals surface area contributed by atoms with Gasteiger partial charge >= 0.3 is 0 Å². The number of amides is 2. The van der Waals surface area contributed by atoms with Crippen molar-refractivity contribution in [1.82, 2.24) is 25.2 Å². The Morgan fingerprint density at radius 2 is 1.61 bits per heavy atom. The zero-order chi connectivity index (χ0) is 27.3.